The number of nitrogens with one attached hydrogen (secondary N) is 1. The number of hydrogen-bond acceptors (Lipinski definition) is 2. The first-order chi connectivity index (χ1) is 9.16. The van der Waals surface area contributed by atoms with Gasteiger partial charge in [0.1, 0.15) is 6.61 Å². The first-order valence-electron chi connectivity index (χ1n) is 6.97. The molecule has 0 bridgehead atoms. The molecule has 4 heteroatoms. The van der Waals surface area contributed by atoms with E-state index in [2.05, 4.69) is 12.2 Å². The Labute approximate surface area is 119 Å². The first kappa shape index (κ1) is 14.6. The number of ether oxygens (including phenoxy) is 1. The molecule has 1 N–H and O–H groups in total. The van der Waals surface area contributed by atoms with Gasteiger partial charge in [-0.3, -0.25) is 0 Å². The van der Waals surface area contributed by atoms with Gasteiger partial charge in [0.25, 0.3) is 0 Å². The van der Waals surface area contributed by atoms with Crippen molar-refractivity contribution in [1.29, 1.82) is 0 Å². The Morgan fingerprint density at radius 1 is 1.42 bits per heavy atom. The van der Waals surface area contributed by atoms with Gasteiger partial charge in [-0.25, -0.2) is 4.39 Å². The van der Waals surface area contributed by atoms with Gasteiger partial charge in [-0.05, 0) is 30.9 Å². The zero-order chi connectivity index (χ0) is 13.7. The van der Waals surface area contributed by atoms with Crippen LogP contribution in [0.25, 0.3) is 0 Å². The van der Waals surface area contributed by atoms with Crippen LogP contribution in [-0.2, 0) is 0 Å². The van der Waals surface area contributed by atoms with Crippen LogP contribution in [0, 0.1) is 11.7 Å². The molecule has 1 saturated carbocycles. The second kappa shape index (κ2) is 7.11. The molecule has 0 heterocycles. The van der Waals surface area contributed by atoms with Crippen LogP contribution in [-0.4, -0.2) is 19.2 Å². The summed E-state index contributed by atoms with van der Waals surface area (Å²) in [7, 11) is 0. The molecule has 2 nitrogen and oxygen atoms in total. The molecule has 2 unspecified atom stereocenters. The van der Waals surface area contributed by atoms with Gasteiger partial charge >= 0.3 is 0 Å². The molecule has 1 aromatic rings. The second-order valence-corrected chi connectivity index (χ2v) is 5.73. The molecule has 1 aromatic carbocycles. The van der Waals surface area contributed by atoms with Crippen molar-refractivity contribution in [3.05, 3.63) is 29.0 Å². The lowest BCUT2D eigenvalue weighted by molar-refractivity contribution is 0.260. The van der Waals surface area contributed by atoms with E-state index in [1.807, 2.05) is 0 Å². The maximum Gasteiger partial charge on any atom is 0.173 e. The van der Waals surface area contributed by atoms with Crippen LogP contribution in [0.5, 0.6) is 5.75 Å². The molecule has 1 fully saturated rings. The summed E-state index contributed by atoms with van der Waals surface area (Å²) in [4.78, 5) is 0. The highest BCUT2D eigenvalue weighted by atomic mass is 35.5. The quantitative estimate of drug-likeness (QED) is 0.825. The maximum absolute atomic E-state index is 13.5. The van der Waals surface area contributed by atoms with E-state index in [9.17, 15) is 4.39 Å². The molecule has 106 valence electrons. The fraction of sp³-hybridized carbons (Fsp3) is 0.600. The van der Waals surface area contributed by atoms with Crippen molar-refractivity contribution in [2.24, 2.45) is 5.92 Å². The summed E-state index contributed by atoms with van der Waals surface area (Å²) in [6.07, 6.45) is 5.07. The molecule has 2 atom stereocenters. The topological polar surface area (TPSA) is 21.3 Å². The molecular weight excluding hydrogens is 265 g/mol. The maximum atomic E-state index is 13.5. The van der Waals surface area contributed by atoms with Gasteiger partial charge in [0.2, 0.25) is 0 Å². The van der Waals surface area contributed by atoms with Gasteiger partial charge < -0.3 is 10.1 Å². The molecule has 1 aliphatic carbocycles. The van der Waals surface area contributed by atoms with Crippen molar-refractivity contribution < 1.29 is 9.13 Å². The zero-order valence-electron chi connectivity index (χ0n) is 11.3. The lowest BCUT2D eigenvalue weighted by atomic mass is 9.87. The van der Waals surface area contributed by atoms with E-state index in [4.69, 9.17) is 16.3 Å². The monoisotopic (exact) mass is 285 g/mol. The normalized spacial score (nSPS) is 23.3. The number of halogens is 2. The van der Waals surface area contributed by atoms with Crippen molar-refractivity contribution in [2.75, 3.05) is 13.2 Å². The number of hydrogen-bond donors (Lipinski definition) is 1. The highest BCUT2D eigenvalue weighted by Gasteiger charge is 2.18. The summed E-state index contributed by atoms with van der Waals surface area (Å²) < 4.78 is 18.9. The van der Waals surface area contributed by atoms with Gasteiger partial charge in [-0.15, -0.1) is 0 Å². The molecular formula is C15H21ClFNO. The average Bonchev–Trinajstić information content (AvgIpc) is 2.37. The summed E-state index contributed by atoms with van der Waals surface area (Å²) >= 11 is 5.89. The Morgan fingerprint density at radius 3 is 3.00 bits per heavy atom. The predicted molar refractivity (Wildman–Crippen MR) is 76.3 cm³/mol. The van der Waals surface area contributed by atoms with E-state index < -0.39 is 5.82 Å². The van der Waals surface area contributed by atoms with E-state index in [1.54, 1.807) is 12.1 Å². The highest BCUT2D eigenvalue weighted by Crippen LogP contribution is 2.27. The largest absolute Gasteiger partial charge is 0.488 e. The standard InChI is InChI=1S/C15H21ClFNO/c1-11-4-2-5-12(10-11)18-8-9-19-15-13(16)6-3-7-14(15)17/h3,6-7,11-12,18H,2,4-5,8-10H2,1H3. The third kappa shape index (κ3) is 4.36. The summed E-state index contributed by atoms with van der Waals surface area (Å²) in [6.45, 7) is 3.46. The zero-order valence-corrected chi connectivity index (χ0v) is 12.0. The molecule has 0 aliphatic heterocycles. The molecule has 0 spiro atoms. The van der Waals surface area contributed by atoms with Crippen molar-refractivity contribution in [3.8, 4) is 5.75 Å². The molecule has 0 radical (unpaired) electrons. The van der Waals surface area contributed by atoms with Gasteiger partial charge in [-0.1, -0.05) is 37.4 Å². The van der Waals surface area contributed by atoms with Gasteiger partial charge in [-0.2, -0.15) is 0 Å². The third-order valence-corrected chi connectivity index (χ3v) is 3.93. The Morgan fingerprint density at radius 2 is 2.26 bits per heavy atom. The Kier molecular flexibility index (Phi) is 5.46. The SMILES string of the molecule is CC1CCCC(NCCOc2c(F)cccc2Cl)C1. The Bertz CT molecular complexity index is 393. The van der Waals surface area contributed by atoms with Crippen LogP contribution in [0.4, 0.5) is 4.39 Å². The smallest absolute Gasteiger partial charge is 0.173 e. The summed E-state index contributed by atoms with van der Waals surface area (Å²) in [6, 6.07) is 5.14. The second-order valence-electron chi connectivity index (χ2n) is 5.32. The fourth-order valence-corrected chi connectivity index (χ4v) is 2.87. The van der Waals surface area contributed by atoms with Gasteiger partial charge in [0, 0.05) is 12.6 Å². The highest BCUT2D eigenvalue weighted by molar-refractivity contribution is 6.32. The third-order valence-electron chi connectivity index (χ3n) is 3.64. The minimum Gasteiger partial charge on any atom is -0.488 e. The summed E-state index contributed by atoms with van der Waals surface area (Å²) in [5, 5.41) is 3.80. The van der Waals surface area contributed by atoms with Crippen LogP contribution in [0.2, 0.25) is 5.02 Å². The lowest BCUT2D eigenvalue weighted by Gasteiger charge is -2.27. The van der Waals surface area contributed by atoms with Crippen LogP contribution < -0.4 is 10.1 Å². The lowest BCUT2D eigenvalue weighted by Crippen LogP contribution is -2.36. The molecule has 19 heavy (non-hydrogen) atoms. The van der Waals surface area contributed by atoms with Crippen LogP contribution >= 0.6 is 11.6 Å². The van der Waals surface area contributed by atoms with E-state index in [-0.39, 0.29) is 5.75 Å². The minimum absolute atomic E-state index is 0.156. The Balaban J connectivity index is 1.72. The van der Waals surface area contributed by atoms with E-state index in [0.29, 0.717) is 17.7 Å². The number of rotatable bonds is 5. The van der Waals surface area contributed by atoms with Crippen molar-refractivity contribution in [2.45, 2.75) is 38.6 Å². The summed E-state index contributed by atoms with van der Waals surface area (Å²) in [5.74, 6) is 0.551. The minimum atomic E-state index is -0.404. The van der Waals surface area contributed by atoms with Crippen LogP contribution in [0.3, 0.4) is 0 Å². The van der Waals surface area contributed by atoms with Crippen molar-refractivity contribution in [1.82, 2.24) is 5.32 Å². The van der Waals surface area contributed by atoms with E-state index in [1.165, 1.54) is 31.7 Å². The number of para-hydroxylation sites is 1. The number of benzene rings is 1. The fourth-order valence-electron chi connectivity index (χ4n) is 2.66. The summed E-state index contributed by atoms with van der Waals surface area (Å²) in [5.41, 5.74) is 0. The van der Waals surface area contributed by atoms with Crippen molar-refractivity contribution >= 4 is 11.6 Å². The molecule has 0 saturated heterocycles. The van der Waals surface area contributed by atoms with E-state index >= 15 is 0 Å². The van der Waals surface area contributed by atoms with Crippen molar-refractivity contribution in [3.63, 3.8) is 0 Å². The molecule has 1 aliphatic rings. The first-order valence-corrected chi connectivity index (χ1v) is 7.35. The van der Waals surface area contributed by atoms with Crippen LogP contribution in [0.1, 0.15) is 32.6 Å². The molecule has 2 rings (SSSR count). The molecule has 0 aromatic heterocycles. The Hall–Kier alpha value is -0.800. The van der Waals surface area contributed by atoms with Crippen LogP contribution in [0.15, 0.2) is 18.2 Å². The average molecular weight is 286 g/mol. The molecule has 0 amide bonds. The van der Waals surface area contributed by atoms with E-state index in [0.717, 1.165) is 12.5 Å². The van der Waals surface area contributed by atoms with Gasteiger partial charge in [0.05, 0.1) is 5.02 Å². The predicted octanol–water partition coefficient (Wildman–Crippen LogP) is 4.03. The van der Waals surface area contributed by atoms with Gasteiger partial charge in [0.15, 0.2) is 11.6 Å².